The van der Waals surface area contributed by atoms with E-state index in [2.05, 4.69) is 11.2 Å². The van der Waals surface area contributed by atoms with E-state index in [1.54, 1.807) is 19.6 Å². The van der Waals surface area contributed by atoms with Crippen LogP contribution in [0.3, 0.4) is 0 Å². The third-order valence-corrected chi connectivity index (χ3v) is 2.03. The monoisotopic (exact) mass is 189 g/mol. The Morgan fingerprint density at radius 2 is 2.29 bits per heavy atom. The Balaban J connectivity index is 2.17. The second-order valence-electron chi connectivity index (χ2n) is 3.06. The van der Waals surface area contributed by atoms with Gasteiger partial charge in [-0.25, -0.2) is 0 Å². The largest absolute Gasteiger partial charge is 0.497 e. The maximum Gasteiger partial charge on any atom is 0.127 e. The first-order chi connectivity index (χ1) is 6.88. The van der Waals surface area contributed by atoms with Gasteiger partial charge < -0.3 is 9.26 Å². The Hall–Kier alpha value is -1.77. The molecule has 0 fully saturated rings. The van der Waals surface area contributed by atoms with E-state index in [1.165, 1.54) is 5.56 Å². The van der Waals surface area contributed by atoms with Crippen molar-refractivity contribution >= 4 is 0 Å². The lowest BCUT2D eigenvalue weighted by Crippen LogP contribution is -1.88. The van der Waals surface area contributed by atoms with Crippen molar-refractivity contribution in [2.24, 2.45) is 0 Å². The van der Waals surface area contributed by atoms with Gasteiger partial charge in [-0.15, -0.1) is 0 Å². The van der Waals surface area contributed by atoms with Crippen LogP contribution in [-0.4, -0.2) is 12.3 Å². The van der Waals surface area contributed by atoms with Crippen molar-refractivity contribution in [2.75, 3.05) is 7.11 Å². The summed E-state index contributed by atoms with van der Waals surface area (Å²) in [6.45, 7) is 0. The van der Waals surface area contributed by atoms with Crippen molar-refractivity contribution < 1.29 is 9.26 Å². The quantitative estimate of drug-likeness (QED) is 0.743. The van der Waals surface area contributed by atoms with Crippen molar-refractivity contribution in [3.8, 4) is 5.75 Å². The number of nitrogens with zero attached hydrogens (tertiary/aromatic N) is 1. The average Bonchev–Trinajstić information content (AvgIpc) is 2.71. The van der Waals surface area contributed by atoms with Crippen molar-refractivity contribution in [3.63, 3.8) is 0 Å². The molecule has 0 saturated carbocycles. The summed E-state index contributed by atoms with van der Waals surface area (Å²) in [6.07, 6.45) is 4.19. The van der Waals surface area contributed by atoms with Crippen molar-refractivity contribution in [1.29, 1.82) is 0 Å². The Labute approximate surface area is 82.3 Å². The molecular weight excluding hydrogens is 178 g/mol. The van der Waals surface area contributed by atoms with Crippen LogP contribution >= 0.6 is 0 Å². The van der Waals surface area contributed by atoms with Gasteiger partial charge in [0, 0.05) is 12.0 Å². The van der Waals surface area contributed by atoms with E-state index in [0.717, 1.165) is 17.7 Å². The van der Waals surface area contributed by atoms with E-state index in [0.29, 0.717) is 0 Å². The van der Waals surface area contributed by atoms with Gasteiger partial charge in [0.15, 0.2) is 0 Å². The molecular formula is C11H11NO2. The molecule has 0 aliphatic rings. The summed E-state index contributed by atoms with van der Waals surface area (Å²) in [5, 5.41) is 3.65. The number of aromatic nitrogens is 1. The van der Waals surface area contributed by atoms with Crippen LogP contribution in [0.4, 0.5) is 0 Å². The van der Waals surface area contributed by atoms with Gasteiger partial charge in [-0.3, -0.25) is 0 Å². The smallest absolute Gasteiger partial charge is 0.127 e. The van der Waals surface area contributed by atoms with E-state index >= 15 is 0 Å². The molecule has 72 valence electrons. The summed E-state index contributed by atoms with van der Waals surface area (Å²) in [5.41, 5.74) is 2.26. The van der Waals surface area contributed by atoms with Gasteiger partial charge >= 0.3 is 0 Å². The van der Waals surface area contributed by atoms with Crippen LogP contribution in [0.25, 0.3) is 0 Å². The number of hydrogen-bond acceptors (Lipinski definition) is 3. The second-order valence-corrected chi connectivity index (χ2v) is 3.06. The Bertz CT molecular complexity index is 395. The molecule has 0 N–H and O–H groups in total. The third kappa shape index (κ3) is 1.93. The molecule has 0 atom stereocenters. The van der Waals surface area contributed by atoms with Gasteiger partial charge in [-0.2, -0.15) is 0 Å². The minimum atomic E-state index is 0.820. The lowest BCUT2D eigenvalue weighted by Gasteiger charge is -2.02. The average molecular weight is 189 g/mol. The predicted molar refractivity (Wildman–Crippen MR) is 52.3 cm³/mol. The van der Waals surface area contributed by atoms with Gasteiger partial charge in [-0.05, 0) is 17.7 Å². The van der Waals surface area contributed by atoms with E-state index in [4.69, 9.17) is 9.26 Å². The number of benzene rings is 1. The molecule has 0 spiro atoms. The summed E-state index contributed by atoms with van der Waals surface area (Å²) in [5.74, 6) is 0.874. The normalized spacial score (nSPS) is 10.1. The molecule has 1 heterocycles. The Morgan fingerprint density at radius 1 is 1.36 bits per heavy atom. The molecule has 0 aliphatic heterocycles. The predicted octanol–water partition coefficient (Wildman–Crippen LogP) is 2.27. The molecule has 0 radical (unpaired) electrons. The molecule has 3 heteroatoms. The molecule has 0 amide bonds. The highest BCUT2D eigenvalue weighted by atomic mass is 16.5. The first-order valence-electron chi connectivity index (χ1n) is 4.39. The third-order valence-electron chi connectivity index (χ3n) is 2.03. The molecule has 3 nitrogen and oxygen atoms in total. The molecule has 1 aromatic carbocycles. The van der Waals surface area contributed by atoms with Crippen LogP contribution in [0.2, 0.25) is 0 Å². The number of methoxy groups -OCH3 is 1. The standard InChI is InChI=1S/C11H11NO2/c1-13-11-4-2-3-9(6-11)5-10-7-12-14-8-10/h2-4,6-8H,5H2,1H3. The van der Waals surface area contributed by atoms with Gasteiger partial charge in [0.1, 0.15) is 12.0 Å². The zero-order valence-corrected chi connectivity index (χ0v) is 7.93. The maximum absolute atomic E-state index is 5.13. The highest BCUT2D eigenvalue weighted by Gasteiger charge is 1.99. The summed E-state index contributed by atoms with van der Waals surface area (Å²) < 4.78 is 9.90. The fourth-order valence-corrected chi connectivity index (χ4v) is 1.33. The minimum absolute atomic E-state index is 0.820. The topological polar surface area (TPSA) is 35.3 Å². The lowest BCUT2D eigenvalue weighted by atomic mass is 10.1. The fourth-order valence-electron chi connectivity index (χ4n) is 1.33. The molecule has 0 saturated heterocycles. The first kappa shape index (κ1) is 8.81. The van der Waals surface area contributed by atoms with Crippen LogP contribution in [0.15, 0.2) is 41.2 Å². The highest BCUT2D eigenvalue weighted by Crippen LogP contribution is 2.15. The molecule has 0 aliphatic carbocycles. The van der Waals surface area contributed by atoms with Crippen molar-refractivity contribution in [3.05, 3.63) is 47.9 Å². The summed E-state index contributed by atoms with van der Waals surface area (Å²) >= 11 is 0. The SMILES string of the molecule is COc1cccc(Cc2cnoc2)c1. The Morgan fingerprint density at radius 3 is 3.00 bits per heavy atom. The molecule has 0 bridgehead atoms. The number of rotatable bonds is 3. The lowest BCUT2D eigenvalue weighted by molar-refractivity contribution is 0.414. The van der Waals surface area contributed by atoms with E-state index in [9.17, 15) is 0 Å². The van der Waals surface area contributed by atoms with Crippen molar-refractivity contribution in [2.45, 2.75) is 6.42 Å². The van der Waals surface area contributed by atoms with Crippen LogP contribution in [-0.2, 0) is 6.42 Å². The van der Waals surface area contributed by atoms with Gasteiger partial charge in [-0.1, -0.05) is 17.3 Å². The van der Waals surface area contributed by atoms with E-state index in [1.807, 2.05) is 18.2 Å². The van der Waals surface area contributed by atoms with Crippen LogP contribution < -0.4 is 4.74 Å². The molecule has 2 rings (SSSR count). The number of ether oxygens (including phenoxy) is 1. The molecule has 2 aromatic rings. The maximum atomic E-state index is 5.13. The summed E-state index contributed by atoms with van der Waals surface area (Å²) in [4.78, 5) is 0. The van der Waals surface area contributed by atoms with Crippen LogP contribution in [0.5, 0.6) is 5.75 Å². The minimum Gasteiger partial charge on any atom is -0.497 e. The van der Waals surface area contributed by atoms with Gasteiger partial charge in [0.05, 0.1) is 13.3 Å². The summed E-state index contributed by atoms with van der Waals surface area (Å²) in [7, 11) is 1.67. The van der Waals surface area contributed by atoms with Crippen LogP contribution in [0, 0.1) is 0 Å². The highest BCUT2D eigenvalue weighted by molar-refractivity contribution is 5.31. The zero-order valence-electron chi connectivity index (χ0n) is 7.93. The van der Waals surface area contributed by atoms with Crippen molar-refractivity contribution in [1.82, 2.24) is 5.16 Å². The summed E-state index contributed by atoms with van der Waals surface area (Å²) in [6, 6.07) is 7.96. The first-order valence-corrected chi connectivity index (χ1v) is 4.39. The van der Waals surface area contributed by atoms with Crippen LogP contribution in [0.1, 0.15) is 11.1 Å². The second kappa shape index (κ2) is 3.96. The number of hydrogen-bond donors (Lipinski definition) is 0. The fraction of sp³-hybridized carbons (Fsp3) is 0.182. The van der Waals surface area contributed by atoms with E-state index in [-0.39, 0.29) is 0 Å². The van der Waals surface area contributed by atoms with Gasteiger partial charge in [0.2, 0.25) is 0 Å². The molecule has 0 unspecified atom stereocenters. The zero-order chi connectivity index (χ0) is 9.80. The van der Waals surface area contributed by atoms with Gasteiger partial charge in [0.25, 0.3) is 0 Å². The van der Waals surface area contributed by atoms with E-state index < -0.39 is 0 Å². The molecule has 1 aromatic heterocycles. The molecule has 14 heavy (non-hydrogen) atoms. The Kier molecular flexibility index (Phi) is 2.49.